The van der Waals surface area contributed by atoms with Crippen LogP contribution in [0.25, 0.3) is 0 Å². The van der Waals surface area contributed by atoms with Gasteiger partial charge >= 0.3 is 0 Å². The van der Waals surface area contributed by atoms with Gasteiger partial charge in [0, 0.05) is 13.2 Å². The molecule has 0 aromatic heterocycles. The van der Waals surface area contributed by atoms with Crippen molar-refractivity contribution >= 4 is 0 Å². The molecule has 3 heteroatoms. The van der Waals surface area contributed by atoms with Gasteiger partial charge < -0.3 is 14.2 Å². The van der Waals surface area contributed by atoms with E-state index in [4.69, 9.17) is 14.2 Å². The SMILES string of the molecule is C=C[C@@H](OCC(OCC)OCC)[C@@H](CCCC)C(C)C. The Morgan fingerprint density at radius 1 is 1.00 bits per heavy atom. The van der Waals surface area contributed by atoms with E-state index in [0.29, 0.717) is 31.7 Å². The van der Waals surface area contributed by atoms with Gasteiger partial charge in [-0.25, -0.2) is 0 Å². The van der Waals surface area contributed by atoms with E-state index < -0.39 is 0 Å². The lowest BCUT2D eigenvalue weighted by atomic mass is 9.85. The van der Waals surface area contributed by atoms with Crippen molar-refractivity contribution < 1.29 is 14.2 Å². The second kappa shape index (κ2) is 12.4. The van der Waals surface area contributed by atoms with Crippen LogP contribution in [0.4, 0.5) is 0 Å². The number of ether oxygens (including phenoxy) is 3. The number of unbranched alkanes of at least 4 members (excludes halogenated alkanes) is 1. The van der Waals surface area contributed by atoms with Crippen molar-refractivity contribution in [3.05, 3.63) is 12.7 Å². The van der Waals surface area contributed by atoms with Crippen LogP contribution in [0.5, 0.6) is 0 Å². The van der Waals surface area contributed by atoms with Gasteiger partial charge in [-0.1, -0.05) is 39.7 Å². The lowest BCUT2D eigenvalue weighted by molar-refractivity contribution is -0.177. The molecule has 0 bridgehead atoms. The molecule has 120 valence electrons. The minimum Gasteiger partial charge on any atom is -0.369 e. The maximum absolute atomic E-state index is 6.01. The molecule has 2 atom stereocenters. The Labute approximate surface area is 125 Å². The minimum absolute atomic E-state index is 0.0740. The fraction of sp³-hybridized carbons (Fsp3) is 0.882. The third kappa shape index (κ3) is 8.03. The van der Waals surface area contributed by atoms with Gasteiger partial charge in [0.05, 0.1) is 12.7 Å². The summed E-state index contributed by atoms with van der Waals surface area (Å²) in [6.07, 6.45) is 5.36. The molecule has 0 aromatic carbocycles. The predicted molar refractivity (Wildman–Crippen MR) is 84.8 cm³/mol. The van der Waals surface area contributed by atoms with Crippen molar-refractivity contribution in [2.45, 2.75) is 66.3 Å². The molecule has 0 N–H and O–H groups in total. The zero-order chi connectivity index (χ0) is 15.4. The first-order valence-corrected chi connectivity index (χ1v) is 8.07. The highest BCUT2D eigenvalue weighted by Gasteiger charge is 2.23. The molecule has 0 aliphatic heterocycles. The van der Waals surface area contributed by atoms with Gasteiger partial charge in [0.25, 0.3) is 0 Å². The molecule has 0 spiro atoms. The van der Waals surface area contributed by atoms with Gasteiger partial charge in [0.15, 0.2) is 6.29 Å². The van der Waals surface area contributed by atoms with E-state index in [2.05, 4.69) is 27.4 Å². The van der Waals surface area contributed by atoms with E-state index in [-0.39, 0.29) is 12.4 Å². The fourth-order valence-electron chi connectivity index (χ4n) is 2.39. The predicted octanol–water partition coefficient (Wildman–Crippen LogP) is 4.42. The van der Waals surface area contributed by atoms with Crippen molar-refractivity contribution in [2.75, 3.05) is 19.8 Å². The van der Waals surface area contributed by atoms with Gasteiger partial charge in [-0.05, 0) is 32.1 Å². The average Bonchev–Trinajstić information content (AvgIpc) is 2.42. The van der Waals surface area contributed by atoms with Crippen LogP contribution >= 0.6 is 0 Å². The van der Waals surface area contributed by atoms with Crippen LogP contribution in [0.1, 0.15) is 53.9 Å². The Bertz CT molecular complexity index is 222. The monoisotopic (exact) mass is 286 g/mol. The van der Waals surface area contributed by atoms with Crippen molar-refractivity contribution in [2.24, 2.45) is 11.8 Å². The highest BCUT2D eigenvalue weighted by Crippen LogP contribution is 2.25. The molecule has 0 aromatic rings. The van der Waals surface area contributed by atoms with Gasteiger partial charge in [-0.15, -0.1) is 6.58 Å². The Morgan fingerprint density at radius 2 is 1.60 bits per heavy atom. The first-order valence-electron chi connectivity index (χ1n) is 8.07. The second-order valence-corrected chi connectivity index (χ2v) is 5.42. The molecule has 0 rings (SSSR count). The summed E-state index contributed by atoms with van der Waals surface area (Å²) in [6.45, 7) is 16.3. The molecule has 0 fully saturated rings. The van der Waals surface area contributed by atoms with Gasteiger partial charge in [0.1, 0.15) is 0 Å². The summed E-state index contributed by atoms with van der Waals surface area (Å²) in [4.78, 5) is 0. The van der Waals surface area contributed by atoms with Crippen molar-refractivity contribution in [3.8, 4) is 0 Å². The molecule has 20 heavy (non-hydrogen) atoms. The van der Waals surface area contributed by atoms with Crippen molar-refractivity contribution in [1.29, 1.82) is 0 Å². The van der Waals surface area contributed by atoms with Gasteiger partial charge in [0.2, 0.25) is 0 Å². The second-order valence-electron chi connectivity index (χ2n) is 5.42. The molecule has 0 saturated heterocycles. The molecule has 3 nitrogen and oxygen atoms in total. The smallest absolute Gasteiger partial charge is 0.180 e. The van der Waals surface area contributed by atoms with Crippen LogP contribution in [0.3, 0.4) is 0 Å². The summed E-state index contributed by atoms with van der Waals surface area (Å²) in [7, 11) is 0. The number of rotatable bonds is 13. The van der Waals surface area contributed by atoms with E-state index in [1.165, 1.54) is 19.3 Å². The summed E-state index contributed by atoms with van der Waals surface area (Å²) >= 11 is 0. The van der Waals surface area contributed by atoms with Crippen LogP contribution in [0, 0.1) is 11.8 Å². The third-order valence-electron chi connectivity index (χ3n) is 3.53. The zero-order valence-corrected chi connectivity index (χ0v) is 14.1. The molecule has 0 aliphatic carbocycles. The maximum atomic E-state index is 6.01. The van der Waals surface area contributed by atoms with Crippen molar-refractivity contribution in [3.63, 3.8) is 0 Å². The summed E-state index contributed by atoms with van der Waals surface area (Å²) in [5.41, 5.74) is 0. The zero-order valence-electron chi connectivity index (χ0n) is 14.1. The fourth-order valence-corrected chi connectivity index (χ4v) is 2.39. The van der Waals surface area contributed by atoms with Crippen LogP contribution in [0.2, 0.25) is 0 Å². The Kier molecular flexibility index (Phi) is 12.1. The van der Waals surface area contributed by atoms with Gasteiger partial charge in [-0.2, -0.15) is 0 Å². The molecular formula is C17H34O3. The summed E-state index contributed by atoms with van der Waals surface area (Å²) < 4.78 is 17.0. The molecule has 0 aliphatic rings. The molecular weight excluding hydrogens is 252 g/mol. The Hall–Kier alpha value is -0.380. The summed E-state index contributed by atoms with van der Waals surface area (Å²) in [6, 6.07) is 0. The number of hydrogen-bond donors (Lipinski definition) is 0. The van der Waals surface area contributed by atoms with Gasteiger partial charge in [-0.3, -0.25) is 0 Å². The van der Waals surface area contributed by atoms with Crippen LogP contribution in [-0.4, -0.2) is 32.2 Å². The Morgan fingerprint density at radius 3 is 2.00 bits per heavy atom. The van der Waals surface area contributed by atoms with Crippen LogP contribution in [0.15, 0.2) is 12.7 Å². The van der Waals surface area contributed by atoms with E-state index in [1.54, 1.807) is 0 Å². The molecule has 0 saturated carbocycles. The van der Waals surface area contributed by atoms with Crippen LogP contribution < -0.4 is 0 Å². The Balaban J connectivity index is 4.43. The van der Waals surface area contributed by atoms with E-state index >= 15 is 0 Å². The standard InChI is InChI=1S/C17H34O3/c1-7-11-12-15(14(5)6)16(8-2)20-13-17(18-9-3)19-10-4/h8,14-17H,2,7,9-13H2,1,3-6H3/t15-,16+/m0/s1. The molecule has 0 amide bonds. The summed E-state index contributed by atoms with van der Waals surface area (Å²) in [5, 5.41) is 0. The quantitative estimate of drug-likeness (QED) is 0.370. The normalized spacial score (nSPS) is 14.8. The average molecular weight is 286 g/mol. The summed E-state index contributed by atoms with van der Waals surface area (Å²) in [5.74, 6) is 1.10. The largest absolute Gasteiger partial charge is 0.369 e. The third-order valence-corrected chi connectivity index (χ3v) is 3.53. The minimum atomic E-state index is -0.272. The molecule has 0 radical (unpaired) electrons. The lowest BCUT2D eigenvalue weighted by Crippen LogP contribution is -2.32. The van der Waals surface area contributed by atoms with Crippen molar-refractivity contribution in [1.82, 2.24) is 0 Å². The first-order chi connectivity index (χ1) is 9.60. The first kappa shape index (κ1) is 19.6. The van der Waals surface area contributed by atoms with E-state index in [0.717, 1.165) is 0 Å². The molecule has 0 heterocycles. The highest BCUT2D eigenvalue weighted by atomic mass is 16.7. The lowest BCUT2D eigenvalue weighted by Gasteiger charge is -2.29. The highest BCUT2D eigenvalue weighted by molar-refractivity contribution is 4.87. The number of hydrogen-bond acceptors (Lipinski definition) is 3. The molecule has 0 unspecified atom stereocenters. The maximum Gasteiger partial charge on any atom is 0.180 e. The van der Waals surface area contributed by atoms with E-state index in [1.807, 2.05) is 19.9 Å². The van der Waals surface area contributed by atoms with Crippen LogP contribution in [-0.2, 0) is 14.2 Å². The topological polar surface area (TPSA) is 27.7 Å². The van der Waals surface area contributed by atoms with E-state index in [9.17, 15) is 0 Å².